The van der Waals surface area contributed by atoms with Gasteiger partial charge in [0.1, 0.15) is 11.7 Å². The van der Waals surface area contributed by atoms with Crippen LogP contribution in [-0.2, 0) is 10.5 Å². The average Bonchev–Trinajstić information content (AvgIpc) is 2.68. The predicted octanol–water partition coefficient (Wildman–Crippen LogP) is -2.08. The molecule has 1 fully saturated rings. The lowest BCUT2D eigenvalue weighted by Gasteiger charge is -2.32. The Kier molecular flexibility index (Phi) is 3.38. The predicted molar refractivity (Wildman–Crippen MR) is 65.0 cm³/mol. The number of nitrogens with two attached hydrogens (primary N) is 1. The third kappa shape index (κ3) is 1.83. The van der Waals surface area contributed by atoms with E-state index in [1.54, 1.807) is 0 Å². The van der Waals surface area contributed by atoms with Crippen molar-refractivity contribution < 1.29 is 24.4 Å². The molecule has 5 N–H and O–H groups in total. The first-order chi connectivity index (χ1) is 9.30. The standard InChI is InChI=1S/C11H14FN3O5/c1-2-10(4-16)8(17)11(19,5-20-10)15-3-6(12)7(13)14-9(15)18/h2-3,8,16-17,19H,1,4-5H2,(H2,13,14,18)/t8-,10-,11+/m1/s1. The fourth-order valence-corrected chi connectivity index (χ4v) is 2.08. The summed E-state index contributed by atoms with van der Waals surface area (Å²) in [6.45, 7) is 2.15. The van der Waals surface area contributed by atoms with Crippen LogP contribution in [0.3, 0.4) is 0 Å². The molecule has 1 aliphatic rings. The van der Waals surface area contributed by atoms with Crippen molar-refractivity contribution in [3.8, 4) is 0 Å². The topological polar surface area (TPSA) is 131 Å². The SMILES string of the molecule is C=C[C@]1(CO)OC[C@@](O)(n2cc(F)c(N)nc2=O)[C@@H]1O. The molecule has 0 radical (unpaired) electrons. The summed E-state index contributed by atoms with van der Waals surface area (Å²) in [5, 5.41) is 29.8. The Labute approximate surface area is 112 Å². The number of aromatic nitrogens is 2. The fraction of sp³-hybridized carbons (Fsp3) is 0.455. The second kappa shape index (κ2) is 4.63. The van der Waals surface area contributed by atoms with Crippen molar-refractivity contribution in [1.82, 2.24) is 9.55 Å². The highest BCUT2D eigenvalue weighted by Crippen LogP contribution is 2.37. The molecule has 0 unspecified atom stereocenters. The van der Waals surface area contributed by atoms with Gasteiger partial charge in [0.25, 0.3) is 0 Å². The van der Waals surface area contributed by atoms with Gasteiger partial charge in [0.05, 0.1) is 19.4 Å². The van der Waals surface area contributed by atoms with E-state index in [2.05, 4.69) is 11.6 Å². The molecule has 9 heteroatoms. The van der Waals surface area contributed by atoms with Crippen LogP contribution in [-0.4, -0.2) is 49.8 Å². The van der Waals surface area contributed by atoms with E-state index >= 15 is 0 Å². The lowest BCUT2D eigenvalue weighted by molar-refractivity contribution is -0.125. The molecule has 20 heavy (non-hydrogen) atoms. The monoisotopic (exact) mass is 287 g/mol. The van der Waals surface area contributed by atoms with E-state index in [1.807, 2.05) is 0 Å². The fourth-order valence-electron chi connectivity index (χ4n) is 2.08. The molecule has 0 saturated carbocycles. The van der Waals surface area contributed by atoms with Crippen LogP contribution in [0.25, 0.3) is 0 Å². The number of ether oxygens (including phenoxy) is 1. The summed E-state index contributed by atoms with van der Waals surface area (Å²) in [4.78, 5) is 14.9. The van der Waals surface area contributed by atoms with Crippen LogP contribution in [0.4, 0.5) is 10.2 Å². The average molecular weight is 287 g/mol. The Morgan fingerprint density at radius 3 is 2.90 bits per heavy atom. The molecule has 0 amide bonds. The minimum absolute atomic E-state index is 0.476. The molecule has 0 aromatic carbocycles. The molecule has 3 atom stereocenters. The van der Waals surface area contributed by atoms with Crippen LogP contribution >= 0.6 is 0 Å². The van der Waals surface area contributed by atoms with Crippen molar-refractivity contribution in [3.63, 3.8) is 0 Å². The Balaban J connectivity index is 2.56. The maximum atomic E-state index is 13.4. The summed E-state index contributed by atoms with van der Waals surface area (Å²) in [6.07, 6.45) is -0.0322. The van der Waals surface area contributed by atoms with Gasteiger partial charge in [-0.2, -0.15) is 4.98 Å². The molecular formula is C11H14FN3O5. The zero-order chi connectivity index (χ0) is 15.1. The highest BCUT2D eigenvalue weighted by Gasteiger charge is 2.57. The van der Waals surface area contributed by atoms with Crippen molar-refractivity contribution in [2.75, 3.05) is 18.9 Å². The van der Waals surface area contributed by atoms with Gasteiger partial charge in [-0.15, -0.1) is 6.58 Å². The first-order valence-electron chi connectivity index (χ1n) is 5.65. The minimum Gasteiger partial charge on any atom is -0.393 e. The van der Waals surface area contributed by atoms with E-state index < -0.39 is 48.0 Å². The molecule has 0 spiro atoms. The molecule has 110 valence electrons. The zero-order valence-electron chi connectivity index (χ0n) is 10.4. The summed E-state index contributed by atoms with van der Waals surface area (Å²) in [6, 6.07) is 0. The maximum absolute atomic E-state index is 13.4. The van der Waals surface area contributed by atoms with Gasteiger partial charge in [-0.25, -0.2) is 9.18 Å². The van der Waals surface area contributed by atoms with E-state index in [-0.39, 0.29) is 0 Å². The summed E-state index contributed by atoms with van der Waals surface area (Å²) in [5.41, 5.74) is 0.121. The van der Waals surface area contributed by atoms with E-state index in [9.17, 15) is 24.5 Å². The van der Waals surface area contributed by atoms with Gasteiger partial charge >= 0.3 is 5.69 Å². The lowest BCUT2D eigenvalue weighted by atomic mass is 9.93. The summed E-state index contributed by atoms with van der Waals surface area (Å²) < 4.78 is 19.0. The quantitative estimate of drug-likeness (QED) is 0.469. The first-order valence-corrected chi connectivity index (χ1v) is 5.65. The number of rotatable bonds is 3. The van der Waals surface area contributed by atoms with Crippen molar-refractivity contribution in [1.29, 1.82) is 0 Å². The van der Waals surface area contributed by atoms with Gasteiger partial charge < -0.3 is 25.8 Å². The van der Waals surface area contributed by atoms with Gasteiger partial charge in [-0.1, -0.05) is 6.08 Å². The lowest BCUT2D eigenvalue weighted by Crippen LogP contribution is -2.55. The van der Waals surface area contributed by atoms with Gasteiger partial charge in [0.2, 0.25) is 0 Å². The third-order valence-electron chi connectivity index (χ3n) is 3.37. The van der Waals surface area contributed by atoms with Gasteiger partial charge in [-0.3, -0.25) is 4.57 Å². The van der Waals surface area contributed by atoms with Crippen molar-refractivity contribution >= 4 is 5.82 Å². The van der Waals surface area contributed by atoms with Gasteiger partial charge in [0, 0.05) is 0 Å². The van der Waals surface area contributed by atoms with Crippen LogP contribution in [0.5, 0.6) is 0 Å². The Bertz CT molecular complexity index is 606. The van der Waals surface area contributed by atoms with Crippen molar-refractivity contribution in [2.45, 2.75) is 17.4 Å². The molecule has 1 aromatic heterocycles. The van der Waals surface area contributed by atoms with E-state index in [0.717, 1.165) is 6.08 Å². The normalized spacial score (nSPS) is 33.3. The first kappa shape index (κ1) is 14.6. The van der Waals surface area contributed by atoms with Gasteiger partial charge in [0.15, 0.2) is 17.4 Å². The molecule has 2 rings (SSSR count). The highest BCUT2D eigenvalue weighted by molar-refractivity contribution is 5.27. The Morgan fingerprint density at radius 2 is 2.40 bits per heavy atom. The number of nitrogen functional groups attached to an aromatic ring is 1. The number of aliphatic hydroxyl groups excluding tert-OH is 2. The van der Waals surface area contributed by atoms with E-state index in [4.69, 9.17) is 10.5 Å². The molecule has 0 aliphatic carbocycles. The largest absolute Gasteiger partial charge is 0.393 e. The highest BCUT2D eigenvalue weighted by atomic mass is 19.1. The molecular weight excluding hydrogens is 273 g/mol. The molecule has 0 bridgehead atoms. The minimum atomic E-state index is -2.30. The number of anilines is 1. The summed E-state index contributed by atoms with van der Waals surface area (Å²) in [7, 11) is 0. The summed E-state index contributed by atoms with van der Waals surface area (Å²) in [5.74, 6) is -1.66. The number of nitrogens with zero attached hydrogens (tertiary/aromatic N) is 2. The number of halogens is 1. The van der Waals surface area contributed by atoms with Crippen molar-refractivity contribution in [2.24, 2.45) is 0 Å². The van der Waals surface area contributed by atoms with Crippen LogP contribution in [0.2, 0.25) is 0 Å². The smallest absolute Gasteiger partial charge is 0.352 e. The van der Waals surface area contributed by atoms with Crippen LogP contribution in [0, 0.1) is 5.82 Å². The maximum Gasteiger partial charge on any atom is 0.352 e. The van der Waals surface area contributed by atoms with Crippen LogP contribution in [0.15, 0.2) is 23.6 Å². The van der Waals surface area contributed by atoms with Crippen LogP contribution in [0.1, 0.15) is 0 Å². The zero-order valence-corrected chi connectivity index (χ0v) is 10.4. The third-order valence-corrected chi connectivity index (χ3v) is 3.37. The van der Waals surface area contributed by atoms with E-state index in [0.29, 0.717) is 10.8 Å². The van der Waals surface area contributed by atoms with Crippen LogP contribution < -0.4 is 11.4 Å². The van der Waals surface area contributed by atoms with Gasteiger partial charge in [-0.05, 0) is 0 Å². The molecule has 2 heterocycles. The Morgan fingerprint density at radius 1 is 1.75 bits per heavy atom. The second-order valence-electron chi connectivity index (χ2n) is 4.51. The van der Waals surface area contributed by atoms with Crippen molar-refractivity contribution in [3.05, 3.63) is 35.2 Å². The number of hydrogen-bond donors (Lipinski definition) is 4. The molecule has 1 aromatic rings. The molecule has 8 nitrogen and oxygen atoms in total. The number of aliphatic hydroxyl groups is 3. The molecule has 1 saturated heterocycles. The van der Waals surface area contributed by atoms with E-state index in [1.165, 1.54) is 0 Å². The number of hydrogen-bond acceptors (Lipinski definition) is 7. The Hall–Kier alpha value is -1.81. The molecule has 1 aliphatic heterocycles. The summed E-state index contributed by atoms with van der Waals surface area (Å²) >= 11 is 0. The second-order valence-corrected chi connectivity index (χ2v) is 4.51.